The molecule has 68 valence electrons. The average Bonchev–Trinajstić information content (AvgIpc) is 2.46. The number of anilines is 1. The minimum atomic E-state index is 0.883. The van der Waals surface area contributed by atoms with Gasteiger partial charge in [-0.15, -0.1) is 0 Å². The van der Waals surface area contributed by atoms with E-state index in [1.165, 1.54) is 28.7 Å². The number of hydrogen-bond acceptors (Lipinski definition) is 1. The lowest BCUT2D eigenvalue weighted by Crippen LogP contribution is -1.88. The molecule has 0 saturated carbocycles. The van der Waals surface area contributed by atoms with Crippen LogP contribution in [0.4, 0.5) is 5.69 Å². The summed E-state index contributed by atoms with van der Waals surface area (Å²) in [6, 6.07) is 6.25. The number of aryl methyl sites for hydroxylation is 1. The third-order valence-electron chi connectivity index (χ3n) is 2.70. The zero-order chi connectivity index (χ0) is 9.42. The predicted molar refractivity (Wildman–Crippen MR) is 57.4 cm³/mol. The van der Waals surface area contributed by atoms with Crippen molar-refractivity contribution in [3.63, 3.8) is 0 Å². The molecule has 1 aliphatic rings. The van der Waals surface area contributed by atoms with Crippen LogP contribution in [-0.4, -0.2) is 0 Å². The monoisotopic (exact) mass is 173 g/mol. The van der Waals surface area contributed by atoms with Crippen molar-refractivity contribution in [2.45, 2.75) is 26.7 Å². The Balaban J connectivity index is 2.56. The number of rotatable bonds is 0. The van der Waals surface area contributed by atoms with Gasteiger partial charge in [-0.05, 0) is 55.5 Å². The molecule has 0 radical (unpaired) electrons. The number of fused-ring (bicyclic) bond motifs is 1. The molecule has 1 aromatic rings. The standard InChI is InChI=1S/C12H15N/c1-8(2)11-5-3-9-7-10(13)4-6-12(9)11/h4,6-7H,3,5,13H2,1-2H3. The van der Waals surface area contributed by atoms with Gasteiger partial charge in [0.2, 0.25) is 0 Å². The SMILES string of the molecule is CC(C)=C1CCc2cc(N)ccc21. The van der Waals surface area contributed by atoms with Crippen LogP contribution in [0.5, 0.6) is 0 Å². The van der Waals surface area contributed by atoms with E-state index in [0.29, 0.717) is 0 Å². The van der Waals surface area contributed by atoms with Crippen LogP contribution in [0.15, 0.2) is 23.8 Å². The van der Waals surface area contributed by atoms with E-state index in [9.17, 15) is 0 Å². The fourth-order valence-electron chi connectivity index (χ4n) is 2.03. The maximum absolute atomic E-state index is 5.74. The quantitative estimate of drug-likeness (QED) is 0.600. The van der Waals surface area contributed by atoms with Crippen molar-refractivity contribution >= 4 is 11.3 Å². The smallest absolute Gasteiger partial charge is 0.0317 e. The molecule has 0 fully saturated rings. The first kappa shape index (κ1) is 8.36. The average molecular weight is 173 g/mol. The van der Waals surface area contributed by atoms with E-state index in [2.05, 4.69) is 26.0 Å². The van der Waals surface area contributed by atoms with Gasteiger partial charge in [0.15, 0.2) is 0 Å². The molecule has 0 spiro atoms. The van der Waals surface area contributed by atoms with E-state index in [1.807, 2.05) is 6.07 Å². The van der Waals surface area contributed by atoms with Crippen molar-refractivity contribution < 1.29 is 0 Å². The summed E-state index contributed by atoms with van der Waals surface area (Å²) in [4.78, 5) is 0. The topological polar surface area (TPSA) is 26.0 Å². The summed E-state index contributed by atoms with van der Waals surface area (Å²) in [6.07, 6.45) is 2.34. The van der Waals surface area contributed by atoms with E-state index < -0.39 is 0 Å². The van der Waals surface area contributed by atoms with Crippen molar-refractivity contribution in [3.8, 4) is 0 Å². The van der Waals surface area contributed by atoms with E-state index in [1.54, 1.807) is 0 Å². The molecule has 1 heteroatoms. The fraction of sp³-hybridized carbons (Fsp3) is 0.333. The highest BCUT2D eigenvalue weighted by atomic mass is 14.5. The second-order valence-electron chi connectivity index (χ2n) is 3.90. The summed E-state index contributed by atoms with van der Waals surface area (Å²) >= 11 is 0. The van der Waals surface area contributed by atoms with Crippen molar-refractivity contribution in [2.24, 2.45) is 0 Å². The van der Waals surface area contributed by atoms with Crippen LogP contribution < -0.4 is 5.73 Å². The largest absolute Gasteiger partial charge is 0.399 e. The van der Waals surface area contributed by atoms with E-state index >= 15 is 0 Å². The van der Waals surface area contributed by atoms with Crippen LogP contribution in [0.3, 0.4) is 0 Å². The van der Waals surface area contributed by atoms with Gasteiger partial charge in [0.1, 0.15) is 0 Å². The predicted octanol–water partition coefficient (Wildman–Crippen LogP) is 3.01. The van der Waals surface area contributed by atoms with E-state index in [-0.39, 0.29) is 0 Å². The Labute approximate surface area is 79.3 Å². The Bertz CT molecular complexity index is 371. The molecule has 0 bridgehead atoms. The van der Waals surface area contributed by atoms with Crippen molar-refractivity contribution in [3.05, 3.63) is 34.9 Å². The minimum Gasteiger partial charge on any atom is -0.399 e. The molecular weight excluding hydrogens is 158 g/mol. The number of allylic oxidation sites excluding steroid dienone is 2. The molecular formula is C12H15N. The second-order valence-corrected chi connectivity index (χ2v) is 3.90. The molecule has 0 amide bonds. The first-order valence-electron chi connectivity index (χ1n) is 4.73. The molecule has 0 atom stereocenters. The van der Waals surface area contributed by atoms with Crippen LogP contribution in [-0.2, 0) is 6.42 Å². The second kappa shape index (κ2) is 2.91. The Kier molecular flexibility index (Phi) is 1.87. The number of nitrogens with two attached hydrogens (primary N) is 1. The van der Waals surface area contributed by atoms with Crippen LogP contribution in [0.2, 0.25) is 0 Å². The molecule has 1 aromatic carbocycles. The lowest BCUT2D eigenvalue weighted by atomic mass is 10.0. The van der Waals surface area contributed by atoms with Gasteiger partial charge in [0, 0.05) is 5.69 Å². The summed E-state index contributed by atoms with van der Waals surface area (Å²) in [7, 11) is 0. The molecule has 0 unspecified atom stereocenters. The van der Waals surface area contributed by atoms with Crippen LogP contribution in [0.1, 0.15) is 31.4 Å². The van der Waals surface area contributed by atoms with Gasteiger partial charge in [0.05, 0.1) is 0 Å². The summed E-state index contributed by atoms with van der Waals surface area (Å²) < 4.78 is 0. The highest BCUT2D eigenvalue weighted by Crippen LogP contribution is 2.35. The number of hydrogen-bond donors (Lipinski definition) is 1. The van der Waals surface area contributed by atoms with Crippen LogP contribution in [0, 0.1) is 0 Å². The Morgan fingerprint density at radius 1 is 1.23 bits per heavy atom. The van der Waals surface area contributed by atoms with Crippen molar-refractivity contribution in [1.29, 1.82) is 0 Å². The normalized spacial score (nSPS) is 14.5. The van der Waals surface area contributed by atoms with E-state index in [4.69, 9.17) is 5.73 Å². The summed E-state index contributed by atoms with van der Waals surface area (Å²) in [5.74, 6) is 0. The molecule has 1 aliphatic carbocycles. The molecule has 0 aromatic heterocycles. The van der Waals surface area contributed by atoms with Gasteiger partial charge in [-0.3, -0.25) is 0 Å². The first-order valence-corrected chi connectivity index (χ1v) is 4.73. The summed E-state index contributed by atoms with van der Waals surface area (Å²) in [5, 5.41) is 0. The Hall–Kier alpha value is -1.24. The fourth-order valence-corrected chi connectivity index (χ4v) is 2.03. The van der Waals surface area contributed by atoms with Crippen molar-refractivity contribution in [2.75, 3.05) is 5.73 Å². The molecule has 1 nitrogen and oxygen atoms in total. The Morgan fingerprint density at radius 2 is 2.00 bits per heavy atom. The van der Waals surface area contributed by atoms with Gasteiger partial charge in [-0.2, -0.15) is 0 Å². The molecule has 2 N–H and O–H groups in total. The Morgan fingerprint density at radius 3 is 2.69 bits per heavy atom. The third kappa shape index (κ3) is 1.35. The van der Waals surface area contributed by atoms with Gasteiger partial charge < -0.3 is 5.73 Å². The number of nitrogen functional groups attached to an aromatic ring is 1. The third-order valence-corrected chi connectivity index (χ3v) is 2.70. The lowest BCUT2D eigenvalue weighted by Gasteiger charge is -2.03. The van der Waals surface area contributed by atoms with Crippen LogP contribution >= 0.6 is 0 Å². The highest BCUT2D eigenvalue weighted by molar-refractivity contribution is 5.75. The molecule has 2 rings (SSSR count). The molecule has 0 heterocycles. The van der Waals surface area contributed by atoms with Gasteiger partial charge in [-0.25, -0.2) is 0 Å². The maximum Gasteiger partial charge on any atom is 0.0317 e. The zero-order valence-corrected chi connectivity index (χ0v) is 8.22. The van der Waals surface area contributed by atoms with Crippen LogP contribution in [0.25, 0.3) is 5.57 Å². The van der Waals surface area contributed by atoms with E-state index in [0.717, 1.165) is 12.1 Å². The van der Waals surface area contributed by atoms with Gasteiger partial charge >= 0.3 is 0 Å². The highest BCUT2D eigenvalue weighted by Gasteiger charge is 2.16. The number of benzene rings is 1. The summed E-state index contributed by atoms with van der Waals surface area (Å²) in [6.45, 7) is 4.36. The van der Waals surface area contributed by atoms with Gasteiger partial charge in [0.25, 0.3) is 0 Å². The molecule has 13 heavy (non-hydrogen) atoms. The molecule has 0 saturated heterocycles. The van der Waals surface area contributed by atoms with Crippen molar-refractivity contribution in [1.82, 2.24) is 0 Å². The zero-order valence-electron chi connectivity index (χ0n) is 8.22. The lowest BCUT2D eigenvalue weighted by molar-refractivity contribution is 1.07. The maximum atomic E-state index is 5.74. The minimum absolute atomic E-state index is 0.883. The first-order chi connectivity index (χ1) is 6.18. The molecule has 0 aliphatic heterocycles. The van der Waals surface area contributed by atoms with Gasteiger partial charge in [-0.1, -0.05) is 11.6 Å². The summed E-state index contributed by atoms with van der Waals surface area (Å²) in [5.41, 5.74) is 12.4.